The maximum absolute atomic E-state index is 12.7. The number of rotatable bonds is 4. The van der Waals surface area contributed by atoms with E-state index in [1.807, 2.05) is 42.2 Å². The van der Waals surface area contributed by atoms with E-state index in [-0.39, 0.29) is 42.7 Å². The zero-order valence-electron chi connectivity index (χ0n) is 14.2. The van der Waals surface area contributed by atoms with Crippen LogP contribution in [0.2, 0.25) is 0 Å². The summed E-state index contributed by atoms with van der Waals surface area (Å²) in [6.45, 7) is 5.25. The minimum Gasteiger partial charge on any atom is -0.360 e. The van der Waals surface area contributed by atoms with Crippen molar-refractivity contribution in [1.82, 2.24) is 4.90 Å². The Kier molecular flexibility index (Phi) is 8.73. The van der Waals surface area contributed by atoms with E-state index in [0.29, 0.717) is 0 Å². The second kappa shape index (κ2) is 10.0. The Bertz CT molecular complexity index is 631. The first-order chi connectivity index (χ1) is 11.2. The Morgan fingerprint density at radius 2 is 1.68 bits per heavy atom. The molecule has 1 aliphatic heterocycles. The lowest BCUT2D eigenvalue weighted by molar-refractivity contribution is -0.136. The van der Waals surface area contributed by atoms with Gasteiger partial charge >= 0.3 is 0 Å². The molecule has 2 aromatic rings. The molecule has 3 rings (SSSR count). The minimum absolute atomic E-state index is 0. The molecule has 0 aliphatic carbocycles. The van der Waals surface area contributed by atoms with Crippen LogP contribution in [0.15, 0.2) is 47.8 Å². The second-order valence-corrected chi connectivity index (χ2v) is 6.91. The third kappa shape index (κ3) is 5.11. The summed E-state index contributed by atoms with van der Waals surface area (Å²) in [5.41, 5.74) is 7.31. The number of carbonyl (C=O) groups excluding carboxylic acids is 1. The van der Waals surface area contributed by atoms with Crippen LogP contribution in [0.25, 0.3) is 0 Å². The van der Waals surface area contributed by atoms with Gasteiger partial charge in [-0.25, -0.2) is 0 Å². The number of halogens is 2. The summed E-state index contributed by atoms with van der Waals surface area (Å²) in [7, 11) is 0. The molecule has 0 spiro atoms. The van der Waals surface area contributed by atoms with Gasteiger partial charge in [-0.15, -0.1) is 36.2 Å². The molecule has 2 N–H and O–H groups in total. The Hall–Kier alpha value is -1.27. The summed E-state index contributed by atoms with van der Waals surface area (Å²) in [4.78, 5) is 17.0. The summed E-state index contributed by atoms with van der Waals surface area (Å²) in [5.74, 6) is -0.0436. The highest BCUT2D eigenvalue weighted by atomic mass is 35.5. The van der Waals surface area contributed by atoms with Gasteiger partial charge in [-0.05, 0) is 23.1 Å². The van der Waals surface area contributed by atoms with Crippen LogP contribution < -0.4 is 10.6 Å². The zero-order valence-corrected chi connectivity index (χ0v) is 16.7. The summed E-state index contributed by atoms with van der Waals surface area (Å²) >= 11 is 1.75. The quantitative estimate of drug-likeness (QED) is 0.851. The number of thiophene rings is 1. The average Bonchev–Trinajstić information content (AvgIpc) is 3.15. The number of carbonyl (C=O) groups is 1. The molecule has 1 amide bonds. The standard InChI is InChI=1S/C18H23N3OS.2ClH/c1-14(17(19)15-6-3-2-4-7-15)18(22)21-11-9-20(10-12-21)16-8-5-13-23-16;;/h2-8,13-14,17H,9-12,19H2,1H3;2*1H. The molecule has 7 heteroatoms. The number of anilines is 1. The van der Waals surface area contributed by atoms with Gasteiger partial charge in [0.05, 0.1) is 10.9 Å². The predicted octanol–water partition coefficient (Wildman–Crippen LogP) is 3.58. The zero-order chi connectivity index (χ0) is 16.2. The van der Waals surface area contributed by atoms with Gasteiger partial charge in [0.1, 0.15) is 0 Å². The highest BCUT2D eigenvalue weighted by molar-refractivity contribution is 7.14. The Balaban J connectivity index is 0.00000156. The van der Waals surface area contributed by atoms with Crippen LogP contribution in [0.5, 0.6) is 0 Å². The molecule has 1 aromatic carbocycles. The van der Waals surface area contributed by atoms with E-state index >= 15 is 0 Å². The number of nitrogens with zero attached hydrogens (tertiary/aromatic N) is 2. The Morgan fingerprint density at radius 3 is 2.24 bits per heavy atom. The number of hydrogen-bond acceptors (Lipinski definition) is 4. The van der Waals surface area contributed by atoms with E-state index in [0.717, 1.165) is 31.7 Å². The van der Waals surface area contributed by atoms with Crippen molar-refractivity contribution in [3.63, 3.8) is 0 Å². The number of hydrogen-bond donors (Lipinski definition) is 1. The summed E-state index contributed by atoms with van der Waals surface area (Å²) in [6.07, 6.45) is 0. The molecule has 4 nitrogen and oxygen atoms in total. The Morgan fingerprint density at radius 1 is 1.04 bits per heavy atom. The maximum Gasteiger partial charge on any atom is 0.227 e. The highest BCUT2D eigenvalue weighted by Crippen LogP contribution is 2.25. The fourth-order valence-corrected chi connectivity index (χ4v) is 3.79. The van der Waals surface area contributed by atoms with E-state index in [4.69, 9.17) is 5.73 Å². The van der Waals surface area contributed by atoms with Gasteiger partial charge in [-0.1, -0.05) is 37.3 Å². The van der Waals surface area contributed by atoms with Gasteiger partial charge in [-0.3, -0.25) is 4.79 Å². The van der Waals surface area contributed by atoms with E-state index in [1.165, 1.54) is 5.00 Å². The van der Waals surface area contributed by atoms with E-state index in [9.17, 15) is 4.79 Å². The normalized spacial score (nSPS) is 16.4. The molecule has 1 aromatic heterocycles. The number of nitrogens with two attached hydrogens (primary N) is 1. The first-order valence-corrected chi connectivity index (χ1v) is 8.92. The van der Waals surface area contributed by atoms with Crippen LogP contribution in [0.4, 0.5) is 5.00 Å². The average molecular weight is 402 g/mol. The van der Waals surface area contributed by atoms with Crippen LogP contribution >= 0.6 is 36.2 Å². The van der Waals surface area contributed by atoms with Crippen LogP contribution in [0.3, 0.4) is 0 Å². The first kappa shape index (κ1) is 21.8. The number of amides is 1. The van der Waals surface area contributed by atoms with E-state index in [1.54, 1.807) is 11.3 Å². The summed E-state index contributed by atoms with van der Waals surface area (Å²) < 4.78 is 0. The van der Waals surface area contributed by atoms with Crippen LogP contribution in [0.1, 0.15) is 18.5 Å². The molecule has 1 fully saturated rings. The van der Waals surface area contributed by atoms with E-state index < -0.39 is 0 Å². The van der Waals surface area contributed by atoms with Crippen molar-refractivity contribution < 1.29 is 4.79 Å². The topological polar surface area (TPSA) is 49.6 Å². The smallest absolute Gasteiger partial charge is 0.227 e. The maximum atomic E-state index is 12.7. The van der Waals surface area contributed by atoms with Crippen molar-refractivity contribution in [3.05, 3.63) is 53.4 Å². The molecular weight excluding hydrogens is 377 g/mol. The summed E-state index contributed by atoms with van der Waals surface area (Å²) in [6, 6.07) is 13.8. The SMILES string of the molecule is CC(C(=O)N1CCN(c2cccs2)CC1)C(N)c1ccccc1.Cl.Cl. The fraction of sp³-hybridized carbons (Fsp3) is 0.389. The molecule has 0 saturated carbocycles. The molecule has 2 unspecified atom stereocenters. The summed E-state index contributed by atoms with van der Waals surface area (Å²) in [5, 5.41) is 3.37. The number of benzene rings is 1. The highest BCUT2D eigenvalue weighted by Gasteiger charge is 2.29. The van der Waals surface area contributed by atoms with Crippen molar-refractivity contribution in [2.24, 2.45) is 11.7 Å². The lowest BCUT2D eigenvalue weighted by Crippen LogP contribution is -2.51. The lowest BCUT2D eigenvalue weighted by atomic mass is 9.94. The van der Waals surface area contributed by atoms with Crippen molar-refractivity contribution in [3.8, 4) is 0 Å². The molecule has 2 atom stereocenters. The molecule has 1 aliphatic rings. The van der Waals surface area contributed by atoms with Gasteiger partial charge in [0.25, 0.3) is 0 Å². The van der Waals surface area contributed by atoms with Gasteiger partial charge in [0.15, 0.2) is 0 Å². The number of piperazine rings is 1. The van der Waals surface area contributed by atoms with Crippen LogP contribution in [0, 0.1) is 5.92 Å². The third-order valence-electron chi connectivity index (χ3n) is 4.52. The van der Waals surface area contributed by atoms with E-state index in [2.05, 4.69) is 22.4 Å². The van der Waals surface area contributed by atoms with Crippen molar-refractivity contribution in [2.45, 2.75) is 13.0 Å². The minimum atomic E-state index is -0.251. The monoisotopic (exact) mass is 401 g/mol. The lowest BCUT2D eigenvalue weighted by Gasteiger charge is -2.37. The van der Waals surface area contributed by atoms with Crippen molar-refractivity contribution in [1.29, 1.82) is 0 Å². The van der Waals surface area contributed by atoms with Gasteiger partial charge in [0, 0.05) is 32.2 Å². The predicted molar refractivity (Wildman–Crippen MR) is 110 cm³/mol. The molecule has 25 heavy (non-hydrogen) atoms. The van der Waals surface area contributed by atoms with Gasteiger partial charge < -0.3 is 15.5 Å². The second-order valence-electron chi connectivity index (χ2n) is 5.99. The van der Waals surface area contributed by atoms with Gasteiger partial charge in [-0.2, -0.15) is 0 Å². The van der Waals surface area contributed by atoms with Crippen LogP contribution in [-0.2, 0) is 4.79 Å². The molecule has 138 valence electrons. The largest absolute Gasteiger partial charge is 0.360 e. The molecule has 1 saturated heterocycles. The first-order valence-electron chi connectivity index (χ1n) is 8.04. The fourth-order valence-electron chi connectivity index (χ4n) is 3.00. The van der Waals surface area contributed by atoms with Crippen molar-refractivity contribution >= 4 is 47.1 Å². The van der Waals surface area contributed by atoms with Crippen LogP contribution in [-0.4, -0.2) is 37.0 Å². The third-order valence-corrected chi connectivity index (χ3v) is 5.45. The molecule has 0 radical (unpaired) electrons. The van der Waals surface area contributed by atoms with Crippen molar-refractivity contribution in [2.75, 3.05) is 31.1 Å². The van der Waals surface area contributed by atoms with Gasteiger partial charge in [0.2, 0.25) is 5.91 Å². The Labute approximate surface area is 165 Å². The molecule has 0 bridgehead atoms. The molecule has 2 heterocycles. The molecular formula is C18H25Cl2N3OS.